The van der Waals surface area contributed by atoms with E-state index in [2.05, 4.69) is 39.3 Å². The van der Waals surface area contributed by atoms with Crippen molar-refractivity contribution in [2.75, 3.05) is 5.32 Å². The second-order valence-corrected chi connectivity index (χ2v) is 7.71. The SMILES string of the molecule is CC(C)C(Nc1nc(-c2cccnc2)nc2ccccc12)c1nc(-c2ccncc2)no1. The van der Waals surface area contributed by atoms with Crippen molar-refractivity contribution in [3.05, 3.63) is 79.2 Å². The van der Waals surface area contributed by atoms with Crippen molar-refractivity contribution in [3.8, 4) is 22.8 Å². The van der Waals surface area contributed by atoms with Crippen molar-refractivity contribution in [2.24, 2.45) is 5.92 Å². The van der Waals surface area contributed by atoms with E-state index in [9.17, 15) is 0 Å². The summed E-state index contributed by atoms with van der Waals surface area (Å²) in [4.78, 5) is 22.4. The maximum atomic E-state index is 5.64. The van der Waals surface area contributed by atoms with E-state index in [0.29, 0.717) is 23.4 Å². The minimum Gasteiger partial charge on any atom is -0.358 e. The lowest BCUT2D eigenvalue weighted by molar-refractivity contribution is 0.336. The van der Waals surface area contributed by atoms with E-state index < -0.39 is 0 Å². The van der Waals surface area contributed by atoms with Gasteiger partial charge in [0, 0.05) is 41.3 Å². The molecule has 1 unspecified atom stereocenters. The minimum absolute atomic E-state index is 0.163. The van der Waals surface area contributed by atoms with Gasteiger partial charge in [-0.05, 0) is 42.3 Å². The van der Waals surface area contributed by atoms with Crippen LogP contribution < -0.4 is 5.32 Å². The van der Waals surface area contributed by atoms with E-state index in [1.807, 2.05) is 48.5 Å². The van der Waals surface area contributed by atoms with Crippen molar-refractivity contribution in [2.45, 2.75) is 19.9 Å². The summed E-state index contributed by atoms with van der Waals surface area (Å²) < 4.78 is 5.64. The smallest absolute Gasteiger partial charge is 0.249 e. The van der Waals surface area contributed by atoms with Crippen LogP contribution in [0.25, 0.3) is 33.7 Å². The van der Waals surface area contributed by atoms with Gasteiger partial charge in [0.25, 0.3) is 0 Å². The first-order valence-electron chi connectivity index (χ1n) is 10.4. The fourth-order valence-corrected chi connectivity index (χ4v) is 3.45. The Morgan fingerprint density at radius 3 is 2.41 bits per heavy atom. The predicted octanol–water partition coefficient (Wildman–Crippen LogP) is 4.95. The predicted molar refractivity (Wildman–Crippen MR) is 121 cm³/mol. The second kappa shape index (κ2) is 8.50. The number of nitrogens with zero attached hydrogens (tertiary/aromatic N) is 6. The average molecular weight is 423 g/mol. The van der Waals surface area contributed by atoms with Gasteiger partial charge in [-0.2, -0.15) is 4.98 Å². The third-order valence-corrected chi connectivity index (χ3v) is 5.13. The summed E-state index contributed by atoms with van der Waals surface area (Å²) in [6, 6.07) is 15.2. The number of hydrogen-bond acceptors (Lipinski definition) is 8. The Balaban J connectivity index is 1.55. The van der Waals surface area contributed by atoms with Gasteiger partial charge in [0.05, 0.1) is 5.52 Å². The van der Waals surface area contributed by atoms with E-state index in [1.54, 1.807) is 24.8 Å². The molecule has 0 bridgehead atoms. The number of para-hydroxylation sites is 1. The summed E-state index contributed by atoms with van der Waals surface area (Å²) >= 11 is 0. The zero-order valence-corrected chi connectivity index (χ0v) is 17.7. The lowest BCUT2D eigenvalue weighted by Crippen LogP contribution is -2.18. The molecule has 0 aliphatic heterocycles. The molecular weight excluding hydrogens is 402 g/mol. The molecule has 8 heteroatoms. The Hall–Kier alpha value is -4.20. The van der Waals surface area contributed by atoms with Gasteiger partial charge < -0.3 is 9.84 Å². The lowest BCUT2D eigenvalue weighted by Gasteiger charge is -2.20. The Labute approximate surface area is 184 Å². The highest BCUT2D eigenvalue weighted by Crippen LogP contribution is 2.31. The molecule has 0 fully saturated rings. The number of pyridine rings is 2. The van der Waals surface area contributed by atoms with Crippen molar-refractivity contribution in [1.82, 2.24) is 30.1 Å². The summed E-state index contributed by atoms with van der Waals surface area (Å²) in [7, 11) is 0. The molecule has 1 atom stereocenters. The molecule has 32 heavy (non-hydrogen) atoms. The highest BCUT2D eigenvalue weighted by atomic mass is 16.5. The highest BCUT2D eigenvalue weighted by molar-refractivity contribution is 5.90. The first-order valence-corrected chi connectivity index (χ1v) is 10.4. The van der Waals surface area contributed by atoms with Crippen LogP contribution in [0.3, 0.4) is 0 Å². The largest absolute Gasteiger partial charge is 0.358 e. The zero-order chi connectivity index (χ0) is 21.9. The Morgan fingerprint density at radius 1 is 0.781 bits per heavy atom. The van der Waals surface area contributed by atoms with E-state index in [4.69, 9.17) is 14.5 Å². The average Bonchev–Trinajstić information content (AvgIpc) is 3.33. The zero-order valence-electron chi connectivity index (χ0n) is 17.7. The molecule has 0 radical (unpaired) electrons. The molecule has 4 aromatic heterocycles. The Morgan fingerprint density at radius 2 is 1.62 bits per heavy atom. The molecule has 0 saturated heterocycles. The van der Waals surface area contributed by atoms with Gasteiger partial charge in [-0.15, -0.1) is 0 Å². The number of nitrogens with one attached hydrogen (secondary N) is 1. The number of aromatic nitrogens is 6. The minimum atomic E-state index is -0.238. The number of benzene rings is 1. The van der Waals surface area contributed by atoms with E-state index >= 15 is 0 Å². The summed E-state index contributed by atoms with van der Waals surface area (Å²) in [6.45, 7) is 4.19. The van der Waals surface area contributed by atoms with Crippen molar-refractivity contribution in [3.63, 3.8) is 0 Å². The fourth-order valence-electron chi connectivity index (χ4n) is 3.45. The van der Waals surface area contributed by atoms with Crippen LogP contribution in [0.15, 0.2) is 77.8 Å². The number of anilines is 1. The third kappa shape index (κ3) is 3.90. The molecule has 0 amide bonds. The van der Waals surface area contributed by atoms with Crippen LogP contribution in [0.5, 0.6) is 0 Å². The van der Waals surface area contributed by atoms with Crippen LogP contribution in [-0.4, -0.2) is 30.1 Å². The number of rotatable bonds is 6. The Bertz CT molecular complexity index is 1340. The molecule has 5 aromatic rings. The van der Waals surface area contributed by atoms with E-state index in [1.165, 1.54) is 0 Å². The number of fused-ring (bicyclic) bond motifs is 1. The van der Waals surface area contributed by atoms with E-state index in [-0.39, 0.29) is 12.0 Å². The molecule has 0 saturated carbocycles. The van der Waals surface area contributed by atoms with Crippen molar-refractivity contribution >= 4 is 16.7 Å². The summed E-state index contributed by atoms with van der Waals surface area (Å²) in [5.41, 5.74) is 2.54. The van der Waals surface area contributed by atoms with Gasteiger partial charge in [0.2, 0.25) is 11.7 Å². The molecule has 158 valence electrons. The fraction of sp³-hybridized carbons (Fsp3) is 0.167. The monoisotopic (exact) mass is 423 g/mol. The van der Waals surface area contributed by atoms with E-state index in [0.717, 1.165) is 22.0 Å². The molecule has 0 aliphatic carbocycles. The van der Waals surface area contributed by atoms with Crippen LogP contribution in [0.2, 0.25) is 0 Å². The van der Waals surface area contributed by atoms with Crippen molar-refractivity contribution in [1.29, 1.82) is 0 Å². The lowest BCUT2D eigenvalue weighted by atomic mass is 10.0. The van der Waals surface area contributed by atoms with Crippen LogP contribution >= 0.6 is 0 Å². The molecule has 1 aromatic carbocycles. The van der Waals surface area contributed by atoms with Crippen LogP contribution in [0, 0.1) is 5.92 Å². The van der Waals surface area contributed by atoms with Gasteiger partial charge >= 0.3 is 0 Å². The summed E-state index contributed by atoms with van der Waals surface area (Å²) in [5, 5.41) is 8.61. The van der Waals surface area contributed by atoms with Crippen LogP contribution in [-0.2, 0) is 0 Å². The van der Waals surface area contributed by atoms with Gasteiger partial charge in [0.1, 0.15) is 11.9 Å². The molecule has 4 heterocycles. The maximum absolute atomic E-state index is 5.64. The topological polar surface area (TPSA) is 103 Å². The van der Waals surface area contributed by atoms with Crippen molar-refractivity contribution < 1.29 is 4.52 Å². The molecule has 0 aliphatic rings. The Kier molecular flexibility index (Phi) is 5.25. The normalized spacial score (nSPS) is 12.2. The van der Waals surface area contributed by atoms with Crippen LogP contribution in [0.1, 0.15) is 25.8 Å². The third-order valence-electron chi connectivity index (χ3n) is 5.13. The number of hydrogen-bond donors (Lipinski definition) is 1. The van der Waals surface area contributed by atoms with Gasteiger partial charge in [-0.3, -0.25) is 9.97 Å². The van der Waals surface area contributed by atoms with Gasteiger partial charge in [-0.25, -0.2) is 9.97 Å². The molecular formula is C24H21N7O. The summed E-state index contributed by atoms with van der Waals surface area (Å²) in [5.74, 6) is 2.49. The second-order valence-electron chi connectivity index (χ2n) is 7.71. The molecule has 1 N–H and O–H groups in total. The summed E-state index contributed by atoms with van der Waals surface area (Å²) in [6.07, 6.45) is 6.90. The molecule has 5 rings (SSSR count). The maximum Gasteiger partial charge on any atom is 0.249 e. The van der Waals surface area contributed by atoms with Crippen LogP contribution in [0.4, 0.5) is 5.82 Å². The molecule has 0 spiro atoms. The quantitative estimate of drug-likeness (QED) is 0.409. The van der Waals surface area contributed by atoms with Gasteiger partial charge in [0.15, 0.2) is 5.82 Å². The first kappa shape index (κ1) is 19.7. The first-order chi connectivity index (χ1) is 15.7. The van der Waals surface area contributed by atoms with Gasteiger partial charge in [-0.1, -0.05) is 31.1 Å². The highest BCUT2D eigenvalue weighted by Gasteiger charge is 2.25. The molecule has 8 nitrogen and oxygen atoms in total. The standard InChI is InChI=1S/C24H21N7O/c1-15(2)20(24-30-22(31-32-24)16-9-12-25-13-10-16)28-23-18-7-3-4-8-19(18)27-21(29-23)17-6-5-11-26-14-17/h3-15,20H,1-2H3,(H,27,28,29).